The molecule has 104 valence electrons. The number of ether oxygens (including phenoxy) is 1. The van der Waals surface area contributed by atoms with Gasteiger partial charge in [0.05, 0.1) is 0 Å². The van der Waals surface area contributed by atoms with Crippen molar-refractivity contribution in [1.82, 2.24) is 10.6 Å². The standard InChI is InChI=1S/C13H18N2O4/c1-9(14-12(16)17)10(2)15-13(18)19-8-11-6-4-3-5-7-11/h3-7,9-10,14H,8H2,1-2H3,(H,15,18)(H,16,17)/p-1/t9-,10?/m0/s1. The molecule has 2 atom stereocenters. The molecule has 0 aliphatic rings. The summed E-state index contributed by atoms with van der Waals surface area (Å²) in [5.41, 5.74) is 0.881. The first-order valence-electron chi connectivity index (χ1n) is 5.93. The lowest BCUT2D eigenvalue weighted by Crippen LogP contribution is -2.52. The molecule has 0 spiro atoms. The van der Waals surface area contributed by atoms with E-state index in [0.717, 1.165) is 5.56 Å². The third-order valence-corrected chi connectivity index (χ3v) is 2.65. The Labute approximate surface area is 111 Å². The quantitative estimate of drug-likeness (QED) is 0.816. The Kier molecular flexibility index (Phi) is 5.66. The number of benzene rings is 1. The van der Waals surface area contributed by atoms with Crippen LogP contribution in [0.5, 0.6) is 0 Å². The Balaban J connectivity index is 2.32. The minimum atomic E-state index is -1.38. The van der Waals surface area contributed by atoms with Gasteiger partial charge in [-0.1, -0.05) is 30.3 Å². The van der Waals surface area contributed by atoms with E-state index in [4.69, 9.17) is 4.74 Å². The van der Waals surface area contributed by atoms with Crippen LogP contribution >= 0.6 is 0 Å². The molecule has 6 heteroatoms. The molecule has 0 aliphatic carbocycles. The predicted molar refractivity (Wildman–Crippen MR) is 67.2 cm³/mol. The first-order valence-corrected chi connectivity index (χ1v) is 5.93. The van der Waals surface area contributed by atoms with Gasteiger partial charge in [0.1, 0.15) is 12.7 Å². The molecule has 0 aromatic heterocycles. The zero-order valence-corrected chi connectivity index (χ0v) is 10.9. The third-order valence-electron chi connectivity index (χ3n) is 2.65. The van der Waals surface area contributed by atoms with Gasteiger partial charge in [-0.05, 0) is 19.4 Å². The van der Waals surface area contributed by atoms with Crippen LogP contribution < -0.4 is 15.7 Å². The lowest BCUT2D eigenvalue weighted by molar-refractivity contribution is -0.251. The summed E-state index contributed by atoms with van der Waals surface area (Å²) in [5.74, 6) is 0. The Morgan fingerprint density at radius 2 is 1.74 bits per heavy atom. The highest BCUT2D eigenvalue weighted by Crippen LogP contribution is 2.01. The molecular formula is C13H17N2O4-. The maximum atomic E-state index is 11.5. The SMILES string of the molecule is CC(NC(=O)OCc1ccccc1)[C@H](C)NC(=O)[O-]. The summed E-state index contributed by atoms with van der Waals surface area (Å²) < 4.78 is 5.01. The number of carbonyl (C=O) groups excluding carboxylic acids is 2. The van der Waals surface area contributed by atoms with Crippen molar-refractivity contribution in [2.45, 2.75) is 32.5 Å². The van der Waals surface area contributed by atoms with Crippen LogP contribution in [-0.4, -0.2) is 24.3 Å². The number of carbonyl (C=O) groups is 2. The lowest BCUT2D eigenvalue weighted by atomic mass is 10.2. The van der Waals surface area contributed by atoms with E-state index in [0.29, 0.717) is 0 Å². The van der Waals surface area contributed by atoms with Gasteiger partial charge in [0, 0.05) is 12.1 Å². The van der Waals surface area contributed by atoms with E-state index in [1.54, 1.807) is 13.8 Å². The fourth-order valence-corrected chi connectivity index (χ4v) is 1.39. The van der Waals surface area contributed by atoms with E-state index >= 15 is 0 Å². The maximum Gasteiger partial charge on any atom is 0.407 e. The second-order valence-corrected chi connectivity index (χ2v) is 4.22. The average molecular weight is 265 g/mol. The van der Waals surface area contributed by atoms with Crippen LogP contribution in [0.25, 0.3) is 0 Å². The van der Waals surface area contributed by atoms with Gasteiger partial charge in [0.25, 0.3) is 0 Å². The molecule has 0 fully saturated rings. The molecule has 2 N–H and O–H groups in total. The molecule has 1 unspecified atom stereocenters. The van der Waals surface area contributed by atoms with Crippen LogP contribution in [0, 0.1) is 0 Å². The van der Waals surface area contributed by atoms with Crippen LogP contribution in [0.15, 0.2) is 30.3 Å². The number of amides is 2. The molecule has 19 heavy (non-hydrogen) atoms. The predicted octanol–water partition coefficient (Wildman–Crippen LogP) is 0.623. The first kappa shape index (κ1) is 14.8. The van der Waals surface area contributed by atoms with Gasteiger partial charge in [0.2, 0.25) is 0 Å². The minimum absolute atomic E-state index is 0.168. The van der Waals surface area contributed by atoms with Crippen LogP contribution in [0.3, 0.4) is 0 Å². The summed E-state index contributed by atoms with van der Waals surface area (Å²) in [6.07, 6.45) is -1.97. The molecule has 0 heterocycles. The molecule has 2 amide bonds. The van der Waals surface area contributed by atoms with Gasteiger partial charge in [0.15, 0.2) is 0 Å². The summed E-state index contributed by atoms with van der Waals surface area (Å²) in [6.45, 7) is 3.46. The van der Waals surface area contributed by atoms with E-state index in [9.17, 15) is 14.7 Å². The van der Waals surface area contributed by atoms with Crippen LogP contribution in [0.4, 0.5) is 9.59 Å². The van der Waals surface area contributed by atoms with Gasteiger partial charge >= 0.3 is 6.09 Å². The highest BCUT2D eigenvalue weighted by molar-refractivity contribution is 5.68. The van der Waals surface area contributed by atoms with E-state index < -0.39 is 24.3 Å². The summed E-state index contributed by atoms with van der Waals surface area (Å²) in [4.78, 5) is 21.8. The molecule has 6 nitrogen and oxygen atoms in total. The zero-order valence-electron chi connectivity index (χ0n) is 10.9. The monoisotopic (exact) mass is 265 g/mol. The molecule has 0 bridgehead atoms. The lowest BCUT2D eigenvalue weighted by Gasteiger charge is -2.23. The van der Waals surface area contributed by atoms with Crippen molar-refractivity contribution in [2.24, 2.45) is 0 Å². The highest BCUT2D eigenvalue weighted by Gasteiger charge is 2.15. The summed E-state index contributed by atoms with van der Waals surface area (Å²) in [5, 5.41) is 15.0. The number of carboxylic acid groups (broad SMARTS) is 1. The van der Waals surface area contributed by atoms with Gasteiger partial charge in [-0.2, -0.15) is 0 Å². The van der Waals surface area contributed by atoms with Gasteiger partial charge in [-0.15, -0.1) is 0 Å². The summed E-state index contributed by atoms with van der Waals surface area (Å²) in [6, 6.07) is 8.40. The molecular weight excluding hydrogens is 248 g/mol. The van der Waals surface area contributed by atoms with Crippen molar-refractivity contribution >= 4 is 12.2 Å². The van der Waals surface area contributed by atoms with Crippen LogP contribution in [-0.2, 0) is 11.3 Å². The number of rotatable bonds is 5. The van der Waals surface area contributed by atoms with E-state index in [1.165, 1.54) is 0 Å². The first-order chi connectivity index (χ1) is 8.99. The molecule has 1 aromatic carbocycles. The molecule has 0 saturated heterocycles. The van der Waals surface area contributed by atoms with Crippen molar-refractivity contribution in [3.8, 4) is 0 Å². The van der Waals surface area contributed by atoms with Gasteiger partial charge in [-0.25, -0.2) is 4.79 Å². The number of hydrogen-bond donors (Lipinski definition) is 2. The topological polar surface area (TPSA) is 90.5 Å². The Morgan fingerprint density at radius 1 is 1.16 bits per heavy atom. The van der Waals surface area contributed by atoms with Crippen molar-refractivity contribution in [3.05, 3.63) is 35.9 Å². The van der Waals surface area contributed by atoms with E-state index in [-0.39, 0.29) is 6.61 Å². The maximum absolute atomic E-state index is 11.5. The molecule has 0 radical (unpaired) electrons. The van der Waals surface area contributed by atoms with Gasteiger partial charge < -0.3 is 25.3 Å². The Bertz CT molecular complexity index is 422. The second kappa shape index (κ2) is 7.25. The normalized spacial score (nSPS) is 13.2. The highest BCUT2D eigenvalue weighted by atomic mass is 16.5. The summed E-state index contributed by atoms with van der Waals surface area (Å²) in [7, 11) is 0. The largest absolute Gasteiger partial charge is 0.530 e. The third kappa shape index (κ3) is 5.76. The smallest absolute Gasteiger partial charge is 0.407 e. The fourth-order valence-electron chi connectivity index (χ4n) is 1.39. The number of alkyl carbamates (subject to hydrolysis) is 1. The average Bonchev–Trinajstić information content (AvgIpc) is 2.36. The zero-order chi connectivity index (χ0) is 14.3. The Hall–Kier alpha value is -2.24. The minimum Gasteiger partial charge on any atom is -0.530 e. The number of nitrogens with one attached hydrogen (secondary N) is 2. The second-order valence-electron chi connectivity index (χ2n) is 4.22. The molecule has 0 aliphatic heterocycles. The summed E-state index contributed by atoms with van der Waals surface area (Å²) >= 11 is 0. The van der Waals surface area contributed by atoms with E-state index in [2.05, 4.69) is 10.6 Å². The molecule has 1 rings (SSSR count). The van der Waals surface area contributed by atoms with Crippen LogP contribution in [0.2, 0.25) is 0 Å². The van der Waals surface area contributed by atoms with Crippen molar-refractivity contribution in [1.29, 1.82) is 0 Å². The van der Waals surface area contributed by atoms with Crippen LogP contribution in [0.1, 0.15) is 19.4 Å². The van der Waals surface area contributed by atoms with Crippen molar-refractivity contribution < 1.29 is 19.4 Å². The number of hydrogen-bond acceptors (Lipinski definition) is 4. The molecule has 1 aromatic rings. The fraction of sp³-hybridized carbons (Fsp3) is 0.385. The van der Waals surface area contributed by atoms with E-state index in [1.807, 2.05) is 30.3 Å². The Morgan fingerprint density at radius 3 is 2.32 bits per heavy atom. The van der Waals surface area contributed by atoms with Gasteiger partial charge in [-0.3, -0.25) is 0 Å². The van der Waals surface area contributed by atoms with Crippen molar-refractivity contribution in [2.75, 3.05) is 0 Å². The van der Waals surface area contributed by atoms with Crippen molar-refractivity contribution in [3.63, 3.8) is 0 Å². The molecule has 0 saturated carbocycles.